The number of ether oxygens (including phenoxy) is 1. The van der Waals surface area contributed by atoms with Gasteiger partial charge in [0, 0.05) is 13.7 Å². The summed E-state index contributed by atoms with van der Waals surface area (Å²) in [4.78, 5) is 34.6. The van der Waals surface area contributed by atoms with Crippen LogP contribution < -0.4 is 10.9 Å². The quantitative estimate of drug-likeness (QED) is 0.585. The molecular weight excluding hydrogens is 392 g/mol. The Kier molecular flexibility index (Phi) is 6.74. The summed E-state index contributed by atoms with van der Waals surface area (Å²) in [5.74, 6) is 0.497. The van der Waals surface area contributed by atoms with Crippen molar-refractivity contribution in [1.29, 1.82) is 0 Å². The topological polar surface area (TPSA) is 87.3 Å². The van der Waals surface area contributed by atoms with Crippen LogP contribution in [-0.4, -0.2) is 47.6 Å². The van der Waals surface area contributed by atoms with E-state index >= 15 is 0 Å². The Morgan fingerprint density at radius 3 is 2.90 bits per heavy atom. The summed E-state index contributed by atoms with van der Waals surface area (Å²) in [5.41, 5.74) is 3.01. The lowest BCUT2D eigenvalue weighted by Crippen LogP contribution is -2.41. The number of rotatable bonds is 8. The van der Waals surface area contributed by atoms with Crippen LogP contribution in [0.15, 0.2) is 53.3 Å². The molecule has 1 atom stereocenters. The van der Waals surface area contributed by atoms with Gasteiger partial charge in [0.05, 0.1) is 36.6 Å². The van der Waals surface area contributed by atoms with E-state index in [0.29, 0.717) is 36.4 Å². The zero-order chi connectivity index (χ0) is 21.6. The van der Waals surface area contributed by atoms with E-state index in [2.05, 4.69) is 27.4 Å². The molecule has 0 fully saturated rings. The molecule has 1 aliphatic carbocycles. The third-order valence-electron chi connectivity index (χ3n) is 5.72. The highest BCUT2D eigenvalue weighted by Crippen LogP contribution is 2.29. The Balaban J connectivity index is 1.46. The summed E-state index contributed by atoms with van der Waals surface area (Å²) in [6, 6.07) is 15.6. The maximum absolute atomic E-state index is 12.9. The third-order valence-corrected chi connectivity index (χ3v) is 5.72. The van der Waals surface area contributed by atoms with E-state index in [9.17, 15) is 9.59 Å². The number of H-pyrrole nitrogens is 1. The number of carbonyl (C=O) groups excluding carboxylic acids is 1. The highest BCUT2D eigenvalue weighted by molar-refractivity contribution is 5.79. The van der Waals surface area contributed by atoms with E-state index in [1.54, 1.807) is 13.2 Å². The summed E-state index contributed by atoms with van der Waals surface area (Å²) in [6.07, 6.45) is 3.07. The average Bonchev–Trinajstić information content (AvgIpc) is 2.78. The van der Waals surface area contributed by atoms with E-state index in [0.717, 1.165) is 19.3 Å². The van der Waals surface area contributed by atoms with Crippen molar-refractivity contribution in [3.63, 3.8) is 0 Å². The Labute approximate surface area is 181 Å². The number of benzene rings is 2. The van der Waals surface area contributed by atoms with Gasteiger partial charge >= 0.3 is 0 Å². The molecule has 0 unspecified atom stereocenters. The highest BCUT2D eigenvalue weighted by Gasteiger charge is 2.22. The fourth-order valence-electron chi connectivity index (χ4n) is 4.20. The number of aromatic amines is 1. The van der Waals surface area contributed by atoms with Crippen molar-refractivity contribution in [2.24, 2.45) is 0 Å². The molecule has 4 rings (SSSR count). The zero-order valence-electron chi connectivity index (χ0n) is 17.8. The number of hydrogen-bond donors (Lipinski definition) is 2. The van der Waals surface area contributed by atoms with Gasteiger partial charge in [0.1, 0.15) is 5.82 Å². The molecular formula is C24H28N4O3. The smallest absolute Gasteiger partial charge is 0.258 e. The molecule has 7 nitrogen and oxygen atoms in total. The summed E-state index contributed by atoms with van der Waals surface area (Å²) in [5, 5.41) is 3.75. The summed E-state index contributed by atoms with van der Waals surface area (Å²) < 4.78 is 5.22. The minimum absolute atomic E-state index is 0.0408. The molecule has 0 aliphatic heterocycles. The summed E-state index contributed by atoms with van der Waals surface area (Å²) in [6.45, 7) is 1.61. The first-order valence-corrected chi connectivity index (χ1v) is 10.7. The van der Waals surface area contributed by atoms with Gasteiger partial charge in [-0.3, -0.25) is 14.5 Å². The van der Waals surface area contributed by atoms with Crippen LogP contribution in [0.2, 0.25) is 0 Å². The van der Waals surface area contributed by atoms with Crippen LogP contribution in [0.3, 0.4) is 0 Å². The van der Waals surface area contributed by atoms with Gasteiger partial charge in [0.15, 0.2) is 0 Å². The van der Waals surface area contributed by atoms with Crippen molar-refractivity contribution in [2.45, 2.75) is 31.8 Å². The molecule has 0 spiro atoms. The summed E-state index contributed by atoms with van der Waals surface area (Å²) >= 11 is 0. The van der Waals surface area contributed by atoms with Gasteiger partial charge in [-0.15, -0.1) is 0 Å². The average molecular weight is 421 g/mol. The molecule has 1 amide bonds. The van der Waals surface area contributed by atoms with E-state index in [-0.39, 0.29) is 24.1 Å². The molecule has 7 heteroatoms. The number of aryl methyl sites for hydroxylation is 1. The van der Waals surface area contributed by atoms with Gasteiger partial charge in [0.25, 0.3) is 5.56 Å². The van der Waals surface area contributed by atoms with Crippen LogP contribution in [0.4, 0.5) is 0 Å². The van der Waals surface area contributed by atoms with E-state index in [1.807, 2.05) is 35.2 Å². The molecule has 1 aromatic heterocycles. The second-order valence-corrected chi connectivity index (χ2v) is 7.94. The Morgan fingerprint density at radius 1 is 1.23 bits per heavy atom. The molecule has 0 saturated heterocycles. The second kappa shape index (κ2) is 9.85. The lowest BCUT2D eigenvalue weighted by molar-refractivity contribution is -0.123. The molecule has 1 aliphatic rings. The minimum Gasteiger partial charge on any atom is -0.383 e. The van der Waals surface area contributed by atoms with Crippen LogP contribution in [0.25, 0.3) is 10.9 Å². The van der Waals surface area contributed by atoms with Gasteiger partial charge in [-0.25, -0.2) is 4.98 Å². The fourth-order valence-corrected chi connectivity index (χ4v) is 4.20. The van der Waals surface area contributed by atoms with Crippen LogP contribution >= 0.6 is 0 Å². The third kappa shape index (κ3) is 5.18. The first kappa shape index (κ1) is 21.2. The van der Waals surface area contributed by atoms with E-state index in [4.69, 9.17) is 4.74 Å². The number of hydrogen-bond acceptors (Lipinski definition) is 5. The van der Waals surface area contributed by atoms with Gasteiger partial charge in [-0.05, 0) is 42.5 Å². The number of fused-ring (bicyclic) bond motifs is 2. The first-order chi connectivity index (χ1) is 15.1. The van der Waals surface area contributed by atoms with Gasteiger partial charge in [0.2, 0.25) is 5.91 Å². The minimum atomic E-state index is -0.171. The lowest BCUT2D eigenvalue weighted by Gasteiger charge is -2.28. The molecule has 2 N–H and O–H groups in total. The van der Waals surface area contributed by atoms with Crippen molar-refractivity contribution < 1.29 is 9.53 Å². The number of nitrogens with zero attached hydrogens (tertiary/aromatic N) is 2. The number of carbonyl (C=O) groups is 1. The monoisotopic (exact) mass is 420 g/mol. The van der Waals surface area contributed by atoms with Crippen LogP contribution in [-0.2, 0) is 22.5 Å². The lowest BCUT2D eigenvalue weighted by atomic mass is 9.88. The number of aromatic nitrogens is 2. The van der Waals surface area contributed by atoms with Gasteiger partial charge < -0.3 is 15.0 Å². The summed E-state index contributed by atoms with van der Waals surface area (Å²) in [7, 11) is 1.63. The molecule has 3 aromatic rings. The van der Waals surface area contributed by atoms with E-state index in [1.165, 1.54) is 11.1 Å². The van der Waals surface area contributed by atoms with Crippen LogP contribution in [0.1, 0.15) is 35.8 Å². The second-order valence-electron chi connectivity index (χ2n) is 7.94. The Morgan fingerprint density at radius 2 is 2.03 bits per heavy atom. The predicted molar refractivity (Wildman–Crippen MR) is 120 cm³/mol. The number of nitrogens with one attached hydrogen (secondary N) is 2. The van der Waals surface area contributed by atoms with Crippen LogP contribution in [0, 0.1) is 0 Å². The molecule has 162 valence electrons. The Hall–Kier alpha value is -3.03. The van der Waals surface area contributed by atoms with Gasteiger partial charge in [-0.1, -0.05) is 36.4 Å². The first-order valence-electron chi connectivity index (χ1n) is 10.7. The molecule has 2 aromatic carbocycles. The number of para-hydroxylation sites is 1. The maximum Gasteiger partial charge on any atom is 0.258 e. The largest absolute Gasteiger partial charge is 0.383 e. The number of amides is 1. The SMILES string of the molecule is COCCN(CC(=O)N[C@@H]1CCCc2ccccc21)Cc1nc2ccccc2c(=O)[nH]1. The van der Waals surface area contributed by atoms with Crippen molar-refractivity contribution in [2.75, 3.05) is 26.8 Å². The predicted octanol–water partition coefficient (Wildman–Crippen LogP) is 2.57. The van der Waals surface area contributed by atoms with Crippen LogP contribution in [0.5, 0.6) is 0 Å². The van der Waals surface area contributed by atoms with Crippen molar-refractivity contribution in [3.8, 4) is 0 Å². The standard InChI is InChI=1S/C24H28N4O3/c1-31-14-13-28(15-22-25-21-11-5-4-10-19(21)24(30)27-22)16-23(29)26-20-12-6-8-17-7-2-3-9-18(17)20/h2-5,7,9-11,20H,6,8,12-16H2,1H3,(H,26,29)(H,25,27,30)/t20-/m1/s1. The van der Waals surface area contributed by atoms with Crippen molar-refractivity contribution in [3.05, 3.63) is 75.8 Å². The zero-order valence-corrected chi connectivity index (χ0v) is 17.8. The fraction of sp³-hybridized carbons (Fsp3) is 0.375. The Bertz CT molecular complexity index is 1110. The molecule has 31 heavy (non-hydrogen) atoms. The molecule has 0 radical (unpaired) electrons. The molecule has 1 heterocycles. The number of methoxy groups -OCH3 is 1. The van der Waals surface area contributed by atoms with Gasteiger partial charge in [-0.2, -0.15) is 0 Å². The van der Waals surface area contributed by atoms with Crippen molar-refractivity contribution >= 4 is 16.8 Å². The normalized spacial score (nSPS) is 15.7. The highest BCUT2D eigenvalue weighted by atomic mass is 16.5. The maximum atomic E-state index is 12.9. The van der Waals surface area contributed by atoms with E-state index < -0.39 is 0 Å². The molecule has 0 bridgehead atoms. The van der Waals surface area contributed by atoms with Crippen molar-refractivity contribution in [1.82, 2.24) is 20.2 Å². The molecule has 0 saturated carbocycles.